The second-order valence-electron chi connectivity index (χ2n) is 5.91. The normalized spacial score (nSPS) is 13.5. The molecule has 0 bridgehead atoms. The van der Waals surface area contributed by atoms with Crippen LogP contribution in [0.25, 0.3) is 0 Å². The molecule has 0 fully saturated rings. The minimum atomic E-state index is 0.629. The van der Waals surface area contributed by atoms with Crippen LogP contribution in [0, 0.1) is 0 Å². The molecule has 110 valence electrons. The predicted octanol–water partition coefficient (Wildman–Crippen LogP) is 4.06. The van der Waals surface area contributed by atoms with Crippen LogP contribution in [0.1, 0.15) is 72.1 Å². The van der Waals surface area contributed by atoms with E-state index in [0.29, 0.717) is 6.04 Å². The molecule has 0 saturated carbocycles. The Balaban J connectivity index is 3.87. The summed E-state index contributed by atoms with van der Waals surface area (Å²) in [4.78, 5) is 2.29. The van der Waals surface area contributed by atoms with E-state index in [9.17, 15) is 0 Å². The molecule has 0 amide bonds. The Morgan fingerprint density at radius 3 is 1.78 bits per heavy atom. The summed E-state index contributed by atoms with van der Waals surface area (Å²) in [5, 5.41) is 3.78. The van der Waals surface area contributed by atoms with Gasteiger partial charge in [-0.15, -0.1) is 0 Å². The number of nitrogens with one attached hydrogen (secondary N) is 1. The van der Waals surface area contributed by atoms with Gasteiger partial charge in [-0.25, -0.2) is 0 Å². The second kappa shape index (κ2) is 12.0. The first-order chi connectivity index (χ1) is 8.61. The van der Waals surface area contributed by atoms with Crippen molar-refractivity contribution in [3.63, 3.8) is 0 Å². The van der Waals surface area contributed by atoms with E-state index in [1.54, 1.807) is 0 Å². The lowest BCUT2D eigenvalue weighted by atomic mass is 10.0. The third-order valence-corrected chi connectivity index (χ3v) is 3.90. The highest BCUT2D eigenvalue weighted by molar-refractivity contribution is 4.71. The standard InChI is InChI=1S/C16H36N2/c1-6-8-10-12-16(13-11-9-7-2)17-14-15(3)18(4)5/h15-17H,6-14H2,1-5H3. The number of hydrogen-bond donors (Lipinski definition) is 1. The lowest BCUT2D eigenvalue weighted by molar-refractivity contribution is 0.284. The van der Waals surface area contributed by atoms with Crippen molar-refractivity contribution in [2.45, 2.75) is 84.2 Å². The molecule has 0 aliphatic rings. The molecular formula is C16H36N2. The molecule has 0 rings (SSSR count). The highest BCUT2D eigenvalue weighted by Crippen LogP contribution is 2.11. The zero-order chi connectivity index (χ0) is 13.8. The Bertz CT molecular complexity index is 158. The van der Waals surface area contributed by atoms with E-state index in [1.165, 1.54) is 51.4 Å². The van der Waals surface area contributed by atoms with Gasteiger partial charge in [-0.1, -0.05) is 52.4 Å². The zero-order valence-electron chi connectivity index (χ0n) is 13.5. The molecule has 1 atom stereocenters. The van der Waals surface area contributed by atoms with Gasteiger partial charge < -0.3 is 10.2 Å². The Kier molecular flexibility index (Phi) is 11.9. The van der Waals surface area contributed by atoms with Crippen LogP contribution in [0.15, 0.2) is 0 Å². The number of unbranched alkanes of at least 4 members (excludes halogenated alkanes) is 4. The van der Waals surface area contributed by atoms with Crippen LogP contribution < -0.4 is 5.32 Å². The molecule has 0 aromatic carbocycles. The van der Waals surface area contributed by atoms with Crippen molar-refractivity contribution in [3.05, 3.63) is 0 Å². The summed E-state index contributed by atoms with van der Waals surface area (Å²) >= 11 is 0. The van der Waals surface area contributed by atoms with E-state index in [4.69, 9.17) is 0 Å². The van der Waals surface area contributed by atoms with Crippen LogP contribution in [0.3, 0.4) is 0 Å². The molecule has 2 nitrogen and oxygen atoms in total. The van der Waals surface area contributed by atoms with E-state index in [0.717, 1.165) is 12.6 Å². The van der Waals surface area contributed by atoms with Gasteiger partial charge in [0.1, 0.15) is 0 Å². The maximum atomic E-state index is 3.78. The first kappa shape index (κ1) is 17.9. The molecular weight excluding hydrogens is 220 g/mol. The minimum absolute atomic E-state index is 0.629. The van der Waals surface area contributed by atoms with E-state index in [2.05, 4.69) is 45.1 Å². The van der Waals surface area contributed by atoms with Crippen molar-refractivity contribution in [1.29, 1.82) is 0 Å². The molecule has 1 N–H and O–H groups in total. The van der Waals surface area contributed by atoms with Crippen LogP contribution >= 0.6 is 0 Å². The lowest BCUT2D eigenvalue weighted by Crippen LogP contribution is -2.40. The molecule has 0 saturated heterocycles. The van der Waals surface area contributed by atoms with Crippen molar-refractivity contribution in [2.24, 2.45) is 0 Å². The number of likely N-dealkylation sites (N-methyl/N-ethyl adjacent to an activating group) is 1. The number of nitrogens with zero attached hydrogens (tertiary/aromatic N) is 1. The van der Waals surface area contributed by atoms with Gasteiger partial charge in [-0.3, -0.25) is 0 Å². The van der Waals surface area contributed by atoms with Crippen molar-refractivity contribution < 1.29 is 0 Å². The predicted molar refractivity (Wildman–Crippen MR) is 83.2 cm³/mol. The summed E-state index contributed by atoms with van der Waals surface area (Å²) in [6, 6.07) is 1.37. The number of hydrogen-bond acceptors (Lipinski definition) is 2. The summed E-state index contributed by atoms with van der Waals surface area (Å²) in [6.45, 7) is 7.99. The fourth-order valence-electron chi connectivity index (χ4n) is 2.15. The molecule has 0 spiro atoms. The molecule has 0 aromatic heterocycles. The van der Waals surface area contributed by atoms with Crippen LogP contribution in [0.5, 0.6) is 0 Å². The van der Waals surface area contributed by atoms with Crippen LogP contribution in [0.2, 0.25) is 0 Å². The lowest BCUT2D eigenvalue weighted by Gasteiger charge is -2.25. The van der Waals surface area contributed by atoms with Gasteiger partial charge in [0.25, 0.3) is 0 Å². The van der Waals surface area contributed by atoms with Crippen molar-refractivity contribution in [3.8, 4) is 0 Å². The maximum Gasteiger partial charge on any atom is 0.0186 e. The quantitative estimate of drug-likeness (QED) is 0.530. The molecule has 0 aliphatic heterocycles. The van der Waals surface area contributed by atoms with Gasteiger partial charge in [0.15, 0.2) is 0 Å². The molecule has 1 unspecified atom stereocenters. The minimum Gasteiger partial charge on any atom is -0.312 e. The first-order valence-corrected chi connectivity index (χ1v) is 8.01. The molecule has 0 radical (unpaired) electrons. The Morgan fingerprint density at radius 2 is 1.39 bits per heavy atom. The summed E-state index contributed by atoms with van der Waals surface area (Å²) in [6.07, 6.45) is 10.9. The zero-order valence-corrected chi connectivity index (χ0v) is 13.5. The van der Waals surface area contributed by atoms with Crippen LogP contribution in [0.4, 0.5) is 0 Å². The van der Waals surface area contributed by atoms with E-state index >= 15 is 0 Å². The second-order valence-corrected chi connectivity index (χ2v) is 5.91. The van der Waals surface area contributed by atoms with Gasteiger partial charge in [0.2, 0.25) is 0 Å². The van der Waals surface area contributed by atoms with Gasteiger partial charge in [0, 0.05) is 18.6 Å². The monoisotopic (exact) mass is 256 g/mol. The maximum absolute atomic E-state index is 3.78. The molecule has 0 aromatic rings. The number of rotatable bonds is 12. The van der Waals surface area contributed by atoms with Crippen LogP contribution in [-0.2, 0) is 0 Å². The van der Waals surface area contributed by atoms with Crippen molar-refractivity contribution in [1.82, 2.24) is 10.2 Å². The summed E-state index contributed by atoms with van der Waals surface area (Å²) in [7, 11) is 4.32. The van der Waals surface area contributed by atoms with Crippen molar-refractivity contribution in [2.75, 3.05) is 20.6 Å². The molecule has 18 heavy (non-hydrogen) atoms. The Hall–Kier alpha value is -0.0800. The van der Waals surface area contributed by atoms with E-state index in [1.807, 2.05) is 0 Å². The molecule has 0 aliphatic carbocycles. The topological polar surface area (TPSA) is 15.3 Å². The molecule has 2 heteroatoms. The average Bonchev–Trinajstić information content (AvgIpc) is 2.35. The van der Waals surface area contributed by atoms with Crippen LogP contribution in [-0.4, -0.2) is 37.6 Å². The smallest absolute Gasteiger partial charge is 0.0186 e. The van der Waals surface area contributed by atoms with Gasteiger partial charge in [0.05, 0.1) is 0 Å². The van der Waals surface area contributed by atoms with E-state index in [-0.39, 0.29) is 0 Å². The SMILES string of the molecule is CCCCCC(CCCCC)NCC(C)N(C)C. The third-order valence-electron chi connectivity index (χ3n) is 3.90. The van der Waals surface area contributed by atoms with Crippen molar-refractivity contribution >= 4 is 0 Å². The van der Waals surface area contributed by atoms with E-state index < -0.39 is 0 Å². The Labute approximate surface area is 116 Å². The fraction of sp³-hybridized carbons (Fsp3) is 1.00. The summed E-state index contributed by atoms with van der Waals surface area (Å²) in [5.41, 5.74) is 0. The highest BCUT2D eigenvalue weighted by atomic mass is 15.1. The fourth-order valence-corrected chi connectivity index (χ4v) is 2.15. The largest absolute Gasteiger partial charge is 0.312 e. The summed E-state index contributed by atoms with van der Waals surface area (Å²) in [5.74, 6) is 0. The third kappa shape index (κ3) is 9.90. The van der Waals surface area contributed by atoms with Gasteiger partial charge in [-0.05, 0) is 33.9 Å². The Morgan fingerprint density at radius 1 is 0.889 bits per heavy atom. The molecule has 0 heterocycles. The first-order valence-electron chi connectivity index (χ1n) is 8.01. The summed E-state index contributed by atoms with van der Waals surface area (Å²) < 4.78 is 0. The highest BCUT2D eigenvalue weighted by Gasteiger charge is 2.10. The van der Waals surface area contributed by atoms with Gasteiger partial charge >= 0.3 is 0 Å². The average molecular weight is 256 g/mol. The van der Waals surface area contributed by atoms with Gasteiger partial charge in [-0.2, -0.15) is 0 Å².